The first-order chi connectivity index (χ1) is 15.0. The molecule has 0 unspecified atom stereocenters. The van der Waals surface area contributed by atoms with E-state index in [9.17, 15) is 14.4 Å². The molecule has 0 radical (unpaired) electrons. The van der Waals surface area contributed by atoms with Crippen molar-refractivity contribution in [3.05, 3.63) is 54.1 Å². The first kappa shape index (κ1) is 22.7. The van der Waals surface area contributed by atoms with Gasteiger partial charge in [0.1, 0.15) is 0 Å². The summed E-state index contributed by atoms with van der Waals surface area (Å²) in [5, 5.41) is 2.88. The lowest BCUT2D eigenvalue weighted by atomic mass is 10.2. The normalized spacial score (nSPS) is 13.0. The Kier molecular flexibility index (Phi) is 7.94. The smallest absolute Gasteiger partial charge is 0.413 e. The number of thioether (sulfide) groups is 1. The van der Waals surface area contributed by atoms with Gasteiger partial charge in [-0.05, 0) is 56.2 Å². The maximum Gasteiger partial charge on any atom is 0.413 e. The molecule has 1 aliphatic rings. The highest BCUT2D eigenvalue weighted by Crippen LogP contribution is 2.25. The molecule has 1 saturated heterocycles. The van der Waals surface area contributed by atoms with Crippen molar-refractivity contribution in [2.24, 2.45) is 0 Å². The number of anilines is 2. The first-order valence-corrected chi connectivity index (χ1v) is 11.3. The van der Waals surface area contributed by atoms with E-state index >= 15 is 0 Å². The van der Waals surface area contributed by atoms with Crippen LogP contribution in [0.4, 0.5) is 16.2 Å². The maximum absolute atomic E-state index is 12.8. The molecule has 0 bridgehead atoms. The molecular formula is C23H27N3O4S. The second-order valence-corrected chi connectivity index (χ2v) is 8.15. The summed E-state index contributed by atoms with van der Waals surface area (Å²) in [5.74, 6) is 0.182. The third-order valence-corrected chi connectivity index (χ3v) is 6.05. The van der Waals surface area contributed by atoms with Crippen molar-refractivity contribution in [1.29, 1.82) is 0 Å². The van der Waals surface area contributed by atoms with E-state index in [0.717, 1.165) is 30.8 Å². The Labute approximate surface area is 186 Å². The molecule has 0 spiro atoms. The van der Waals surface area contributed by atoms with E-state index in [4.69, 9.17) is 4.74 Å². The molecule has 164 valence electrons. The van der Waals surface area contributed by atoms with Crippen molar-refractivity contribution in [3.8, 4) is 0 Å². The van der Waals surface area contributed by atoms with Gasteiger partial charge in [-0.2, -0.15) is 0 Å². The van der Waals surface area contributed by atoms with Gasteiger partial charge >= 0.3 is 6.09 Å². The Balaban J connectivity index is 1.62. The van der Waals surface area contributed by atoms with Crippen molar-refractivity contribution >= 4 is 41.0 Å². The van der Waals surface area contributed by atoms with E-state index < -0.39 is 6.09 Å². The van der Waals surface area contributed by atoms with Crippen LogP contribution < -0.4 is 10.2 Å². The number of likely N-dealkylation sites (tertiary alicyclic amines) is 1. The average molecular weight is 442 g/mol. The van der Waals surface area contributed by atoms with Crippen LogP contribution in [0.3, 0.4) is 0 Å². The number of nitrogens with zero attached hydrogens (tertiary/aromatic N) is 2. The van der Waals surface area contributed by atoms with Gasteiger partial charge in [0.2, 0.25) is 5.91 Å². The van der Waals surface area contributed by atoms with Gasteiger partial charge in [0.25, 0.3) is 5.91 Å². The van der Waals surface area contributed by atoms with Crippen molar-refractivity contribution in [3.63, 3.8) is 0 Å². The molecule has 7 nitrogen and oxygen atoms in total. The Morgan fingerprint density at radius 2 is 1.74 bits per heavy atom. The van der Waals surface area contributed by atoms with E-state index in [2.05, 4.69) is 5.32 Å². The fraction of sp³-hybridized carbons (Fsp3) is 0.348. The van der Waals surface area contributed by atoms with Gasteiger partial charge in [0, 0.05) is 36.4 Å². The highest BCUT2D eigenvalue weighted by molar-refractivity contribution is 8.00. The van der Waals surface area contributed by atoms with E-state index in [-0.39, 0.29) is 11.8 Å². The lowest BCUT2D eigenvalue weighted by molar-refractivity contribution is -0.127. The third-order valence-electron chi connectivity index (χ3n) is 5.00. The largest absolute Gasteiger partial charge is 0.449 e. The van der Waals surface area contributed by atoms with Crippen molar-refractivity contribution in [2.75, 3.05) is 42.7 Å². The van der Waals surface area contributed by atoms with Crippen LogP contribution in [0.25, 0.3) is 0 Å². The molecule has 0 saturated carbocycles. The van der Waals surface area contributed by atoms with Gasteiger partial charge in [-0.1, -0.05) is 12.1 Å². The summed E-state index contributed by atoms with van der Waals surface area (Å²) in [5.41, 5.74) is 1.79. The minimum absolute atomic E-state index is 0.110. The summed E-state index contributed by atoms with van der Waals surface area (Å²) in [6.07, 6.45) is 1.68. The minimum atomic E-state index is -0.436. The molecule has 0 aromatic heterocycles. The predicted octanol–water partition coefficient (Wildman–Crippen LogP) is 4.25. The molecule has 2 aromatic rings. The molecule has 3 rings (SSSR count). The molecule has 3 amide bonds. The molecular weight excluding hydrogens is 414 g/mol. The number of hydrogen-bond donors (Lipinski definition) is 1. The Bertz CT molecular complexity index is 927. The zero-order valence-electron chi connectivity index (χ0n) is 17.8. The van der Waals surface area contributed by atoms with Crippen LogP contribution in [0.5, 0.6) is 0 Å². The lowest BCUT2D eigenvalue weighted by Crippen LogP contribution is -2.29. The van der Waals surface area contributed by atoms with Crippen molar-refractivity contribution in [1.82, 2.24) is 4.90 Å². The second kappa shape index (κ2) is 10.9. The number of rotatable bonds is 7. The lowest BCUT2D eigenvalue weighted by Gasteiger charge is -2.17. The van der Waals surface area contributed by atoms with Crippen LogP contribution in [0.15, 0.2) is 53.4 Å². The third kappa shape index (κ3) is 6.01. The fourth-order valence-electron chi connectivity index (χ4n) is 3.27. The van der Waals surface area contributed by atoms with E-state index in [1.54, 1.807) is 50.4 Å². The molecule has 1 fully saturated rings. The zero-order valence-corrected chi connectivity index (χ0v) is 18.6. The monoisotopic (exact) mass is 441 g/mol. The van der Waals surface area contributed by atoms with Gasteiger partial charge in [-0.25, -0.2) is 4.79 Å². The maximum atomic E-state index is 12.8. The highest BCUT2D eigenvalue weighted by atomic mass is 32.2. The number of nitrogens with one attached hydrogen (secondary N) is 1. The molecule has 1 aliphatic heterocycles. The molecule has 31 heavy (non-hydrogen) atoms. The summed E-state index contributed by atoms with van der Waals surface area (Å²) in [4.78, 5) is 41.1. The van der Waals surface area contributed by atoms with Crippen LogP contribution >= 0.6 is 11.8 Å². The quantitative estimate of drug-likeness (QED) is 0.650. The van der Waals surface area contributed by atoms with Crippen molar-refractivity contribution in [2.45, 2.75) is 24.7 Å². The average Bonchev–Trinajstić information content (AvgIpc) is 3.33. The highest BCUT2D eigenvalue weighted by Gasteiger charge is 2.19. The molecule has 0 aliphatic carbocycles. The zero-order chi connectivity index (χ0) is 22.2. The number of benzene rings is 2. The Hall–Kier alpha value is -3.00. The first-order valence-electron chi connectivity index (χ1n) is 10.3. The van der Waals surface area contributed by atoms with Gasteiger partial charge in [-0.15, -0.1) is 11.8 Å². The SMILES string of the molecule is CCOC(=O)N(C)c1ccc(NC(=O)c2ccccc2SCC(=O)N2CCCC2)cc1. The van der Waals surface area contributed by atoms with E-state index in [1.807, 2.05) is 17.0 Å². The topological polar surface area (TPSA) is 79.0 Å². The summed E-state index contributed by atoms with van der Waals surface area (Å²) in [6.45, 7) is 3.70. The van der Waals surface area contributed by atoms with E-state index in [0.29, 0.717) is 29.3 Å². The van der Waals surface area contributed by atoms with Gasteiger partial charge in [0.15, 0.2) is 0 Å². The molecule has 1 N–H and O–H groups in total. The second-order valence-electron chi connectivity index (χ2n) is 7.13. The van der Waals surface area contributed by atoms with Crippen molar-refractivity contribution < 1.29 is 19.1 Å². The van der Waals surface area contributed by atoms with Gasteiger partial charge in [-0.3, -0.25) is 14.5 Å². The van der Waals surface area contributed by atoms with Crippen LogP contribution in [0.1, 0.15) is 30.1 Å². The fourth-order valence-corrected chi connectivity index (χ4v) is 4.22. The van der Waals surface area contributed by atoms with Crippen LogP contribution in [-0.2, 0) is 9.53 Å². The number of carbonyl (C=O) groups is 3. The molecule has 2 aromatic carbocycles. The molecule has 0 atom stereocenters. The standard InChI is InChI=1S/C23H27N3O4S/c1-3-30-23(29)25(2)18-12-10-17(11-13-18)24-22(28)19-8-4-5-9-20(19)31-16-21(27)26-14-6-7-15-26/h4-5,8-13H,3,6-7,14-16H2,1-2H3,(H,24,28). The number of hydrogen-bond acceptors (Lipinski definition) is 5. The summed E-state index contributed by atoms with van der Waals surface area (Å²) >= 11 is 1.38. The van der Waals surface area contributed by atoms with E-state index in [1.165, 1.54) is 16.7 Å². The minimum Gasteiger partial charge on any atom is -0.449 e. The summed E-state index contributed by atoms with van der Waals surface area (Å²) in [6, 6.07) is 14.2. The van der Waals surface area contributed by atoms with Crippen LogP contribution in [0, 0.1) is 0 Å². The number of ether oxygens (including phenoxy) is 1. The molecule has 8 heteroatoms. The Morgan fingerprint density at radius 3 is 2.42 bits per heavy atom. The summed E-state index contributed by atoms with van der Waals surface area (Å²) in [7, 11) is 1.63. The van der Waals surface area contributed by atoms with Gasteiger partial charge in [0.05, 0.1) is 17.9 Å². The Morgan fingerprint density at radius 1 is 1.06 bits per heavy atom. The van der Waals surface area contributed by atoms with Crippen LogP contribution in [-0.4, -0.2) is 55.3 Å². The molecule has 1 heterocycles. The number of amides is 3. The predicted molar refractivity (Wildman–Crippen MR) is 123 cm³/mol. The number of carbonyl (C=O) groups excluding carboxylic acids is 3. The van der Waals surface area contributed by atoms with Gasteiger partial charge < -0.3 is 15.0 Å². The summed E-state index contributed by atoms with van der Waals surface area (Å²) < 4.78 is 4.98. The van der Waals surface area contributed by atoms with Crippen LogP contribution in [0.2, 0.25) is 0 Å².